The average Bonchev–Trinajstić information content (AvgIpc) is 2.83. The molecule has 184 valence electrons. The maximum Gasteiger partial charge on any atom is 0.261 e. The largest absolute Gasteiger partial charge is 0.456 e. The number of benzene rings is 4. The fraction of sp³-hybridized carbons (Fsp3) is 0.0385. The van der Waals surface area contributed by atoms with E-state index >= 15 is 0 Å². The van der Waals surface area contributed by atoms with Crippen LogP contribution < -0.4 is 14.8 Å². The molecule has 4 rings (SSSR count). The van der Waals surface area contributed by atoms with Crippen molar-refractivity contribution in [3.05, 3.63) is 111 Å². The van der Waals surface area contributed by atoms with Crippen LogP contribution in [-0.4, -0.2) is 14.3 Å². The molecule has 0 atom stereocenters. The molecule has 4 aromatic carbocycles. The molecule has 0 aliphatic carbocycles. The minimum Gasteiger partial charge on any atom is -0.456 e. The smallest absolute Gasteiger partial charge is 0.261 e. The van der Waals surface area contributed by atoms with Crippen LogP contribution in [0.1, 0.15) is 15.9 Å². The number of carbonyl (C=O) groups excluding carboxylic acids is 1. The van der Waals surface area contributed by atoms with Crippen molar-refractivity contribution in [2.24, 2.45) is 0 Å². The first kappa shape index (κ1) is 26.0. The highest BCUT2D eigenvalue weighted by atomic mass is 79.9. The summed E-state index contributed by atoms with van der Waals surface area (Å²) in [6.07, 6.45) is 0. The highest BCUT2D eigenvalue weighted by Crippen LogP contribution is 2.31. The lowest BCUT2D eigenvalue weighted by Gasteiger charge is -2.14. The van der Waals surface area contributed by atoms with Crippen LogP contribution in [0.5, 0.6) is 11.5 Å². The fourth-order valence-electron chi connectivity index (χ4n) is 3.25. The van der Waals surface area contributed by atoms with Crippen molar-refractivity contribution in [3.8, 4) is 11.5 Å². The van der Waals surface area contributed by atoms with E-state index in [0.29, 0.717) is 26.7 Å². The Balaban J connectivity index is 1.56. The molecule has 2 N–H and O–H groups in total. The maximum atomic E-state index is 13.1. The van der Waals surface area contributed by atoms with Crippen LogP contribution in [0, 0.1) is 6.92 Å². The second kappa shape index (κ2) is 10.9. The quantitative estimate of drug-likeness (QED) is 0.224. The van der Waals surface area contributed by atoms with E-state index in [-0.39, 0.29) is 21.2 Å². The van der Waals surface area contributed by atoms with Gasteiger partial charge in [-0.1, -0.05) is 41.4 Å². The van der Waals surface area contributed by atoms with Crippen molar-refractivity contribution in [3.63, 3.8) is 0 Å². The molecule has 0 fully saturated rings. The summed E-state index contributed by atoms with van der Waals surface area (Å²) in [5.41, 5.74) is 1.70. The third-order valence-corrected chi connectivity index (χ3v) is 7.63. The number of hydrogen-bond donors (Lipinski definition) is 2. The number of sulfonamides is 1. The molecule has 0 aliphatic rings. The molecule has 0 heterocycles. The highest BCUT2D eigenvalue weighted by molar-refractivity contribution is 9.10. The zero-order chi connectivity index (χ0) is 25.9. The van der Waals surface area contributed by atoms with E-state index < -0.39 is 15.9 Å². The van der Waals surface area contributed by atoms with Gasteiger partial charge in [-0.15, -0.1) is 0 Å². The summed E-state index contributed by atoms with van der Waals surface area (Å²) < 4.78 is 35.1. The van der Waals surface area contributed by atoms with E-state index in [1.807, 2.05) is 19.1 Å². The van der Waals surface area contributed by atoms with Crippen molar-refractivity contribution >= 4 is 66.4 Å². The number of aryl methyl sites for hydroxylation is 1. The highest BCUT2D eigenvalue weighted by Gasteiger charge is 2.20. The summed E-state index contributed by atoms with van der Waals surface area (Å²) in [5, 5.41) is 3.49. The van der Waals surface area contributed by atoms with Gasteiger partial charge in [0.1, 0.15) is 11.5 Å². The van der Waals surface area contributed by atoms with Crippen LogP contribution in [0.3, 0.4) is 0 Å². The standard InChI is InChI=1S/C26H19BrCl2N2O4S/c1-16-6-12-24(21(27)14-16)30-26(32)20-15-17(28)7-13-23(20)31-36(33,34)19-10-8-18(9-11-19)35-25-5-3-2-4-22(25)29/h2-15,31H,1H3,(H,30,32). The number of amides is 1. The molecule has 0 radical (unpaired) electrons. The van der Waals surface area contributed by atoms with Crippen molar-refractivity contribution in [2.45, 2.75) is 11.8 Å². The number of carbonyl (C=O) groups is 1. The van der Waals surface area contributed by atoms with E-state index in [2.05, 4.69) is 26.0 Å². The van der Waals surface area contributed by atoms with Crippen LogP contribution in [-0.2, 0) is 10.0 Å². The second-order valence-corrected chi connectivity index (χ2v) is 11.1. The monoisotopic (exact) mass is 604 g/mol. The number of rotatable bonds is 7. The topological polar surface area (TPSA) is 84.5 Å². The summed E-state index contributed by atoms with van der Waals surface area (Å²) in [5.74, 6) is 0.338. The van der Waals surface area contributed by atoms with Crippen molar-refractivity contribution in [2.75, 3.05) is 10.0 Å². The lowest BCUT2D eigenvalue weighted by atomic mass is 10.1. The molecule has 0 bridgehead atoms. The SMILES string of the molecule is Cc1ccc(NC(=O)c2cc(Cl)ccc2NS(=O)(=O)c2ccc(Oc3ccccc3Cl)cc2)c(Br)c1. The number of ether oxygens (including phenoxy) is 1. The molecule has 0 spiro atoms. The molecule has 6 nitrogen and oxygen atoms in total. The maximum absolute atomic E-state index is 13.1. The Morgan fingerprint density at radius 2 is 1.58 bits per heavy atom. The fourth-order valence-corrected chi connectivity index (χ4v) is 5.27. The third-order valence-electron chi connectivity index (χ3n) is 5.04. The van der Waals surface area contributed by atoms with Gasteiger partial charge in [0.2, 0.25) is 0 Å². The van der Waals surface area contributed by atoms with E-state index in [1.165, 1.54) is 42.5 Å². The van der Waals surface area contributed by atoms with Crippen molar-refractivity contribution in [1.82, 2.24) is 0 Å². The van der Waals surface area contributed by atoms with Gasteiger partial charge in [-0.3, -0.25) is 9.52 Å². The molecule has 10 heteroatoms. The van der Waals surface area contributed by atoms with Crippen LogP contribution in [0.2, 0.25) is 10.0 Å². The van der Waals surface area contributed by atoms with Gasteiger partial charge in [0.05, 0.1) is 26.9 Å². The predicted octanol–water partition coefficient (Wildman–Crippen LogP) is 7.91. The molecule has 0 saturated heterocycles. The van der Waals surface area contributed by atoms with Gasteiger partial charge < -0.3 is 10.1 Å². The lowest BCUT2D eigenvalue weighted by Crippen LogP contribution is -2.19. The van der Waals surface area contributed by atoms with Gasteiger partial charge >= 0.3 is 0 Å². The van der Waals surface area contributed by atoms with Crippen molar-refractivity contribution < 1.29 is 17.9 Å². The number of anilines is 2. The first-order valence-electron chi connectivity index (χ1n) is 10.5. The number of hydrogen-bond acceptors (Lipinski definition) is 4. The Kier molecular flexibility index (Phi) is 7.90. The normalized spacial score (nSPS) is 11.1. The molecule has 36 heavy (non-hydrogen) atoms. The first-order valence-corrected chi connectivity index (χ1v) is 13.6. The van der Waals surface area contributed by atoms with Gasteiger partial charge in [-0.05, 0) is 95.1 Å². The van der Waals surface area contributed by atoms with E-state index in [4.69, 9.17) is 27.9 Å². The Hall–Kier alpha value is -3.04. The summed E-state index contributed by atoms with van der Waals surface area (Å²) in [7, 11) is -4.03. The number of halogens is 3. The van der Waals surface area contributed by atoms with Crippen molar-refractivity contribution in [1.29, 1.82) is 0 Å². The van der Waals surface area contributed by atoms with Crippen LogP contribution >= 0.6 is 39.1 Å². The zero-order valence-corrected chi connectivity index (χ0v) is 22.7. The summed E-state index contributed by atoms with van der Waals surface area (Å²) >= 11 is 15.6. The molecule has 0 aromatic heterocycles. The minimum atomic E-state index is -4.03. The molecule has 1 amide bonds. The van der Waals surface area contributed by atoms with E-state index in [0.717, 1.165) is 5.56 Å². The lowest BCUT2D eigenvalue weighted by molar-refractivity contribution is 0.102. The van der Waals surface area contributed by atoms with Crippen LogP contribution in [0.25, 0.3) is 0 Å². The molecule has 0 aliphatic heterocycles. The summed E-state index contributed by atoms with van der Waals surface area (Å²) in [4.78, 5) is 13.0. The molecule has 4 aromatic rings. The molecule has 0 unspecified atom stereocenters. The van der Waals surface area contributed by atoms with Gasteiger partial charge in [-0.2, -0.15) is 0 Å². The first-order chi connectivity index (χ1) is 17.1. The predicted molar refractivity (Wildman–Crippen MR) is 147 cm³/mol. The van der Waals surface area contributed by atoms with Gasteiger partial charge in [-0.25, -0.2) is 8.42 Å². The molecule has 0 saturated carbocycles. The number of nitrogens with one attached hydrogen (secondary N) is 2. The number of para-hydroxylation sites is 1. The Morgan fingerprint density at radius 1 is 0.889 bits per heavy atom. The Morgan fingerprint density at radius 3 is 2.28 bits per heavy atom. The zero-order valence-electron chi connectivity index (χ0n) is 18.8. The molecular weight excluding hydrogens is 587 g/mol. The van der Waals surface area contributed by atoms with E-state index in [9.17, 15) is 13.2 Å². The van der Waals surface area contributed by atoms with Gasteiger partial charge in [0, 0.05) is 9.50 Å². The average molecular weight is 606 g/mol. The van der Waals surface area contributed by atoms with Crippen LogP contribution in [0.4, 0.5) is 11.4 Å². The minimum absolute atomic E-state index is 0.0170. The Bertz CT molecular complexity index is 1540. The van der Waals surface area contributed by atoms with Gasteiger partial charge in [0.25, 0.3) is 15.9 Å². The Labute approximate surface area is 227 Å². The van der Waals surface area contributed by atoms with Crippen LogP contribution in [0.15, 0.2) is 94.3 Å². The molecular formula is C26H19BrCl2N2O4S. The van der Waals surface area contributed by atoms with E-state index in [1.54, 1.807) is 30.3 Å². The summed E-state index contributed by atoms with van der Waals surface area (Å²) in [6.45, 7) is 1.93. The van der Waals surface area contributed by atoms with Gasteiger partial charge in [0.15, 0.2) is 0 Å². The third kappa shape index (κ3) is 6.20. The summed E-state index contributed by atoms with van der Waals surface area (Å²) in [6, 6.07) is 22.6. The second-order valence-electron chi connectivity index (χ2n) is 7.74.